The fourth-order valence-electron chi connectivity index (χ4n) is 4.47. The van der Waals surface area contributed by atoms with Crippen molar-refractivity contribution in [3.63, 3.8) is 0 Å². The standard InChI is InChI=1S/C25H28FN5O2/c1-25(19-3-4-19)6-8-31(24(25)33)21-5-7-29-22(12-21)23(32)30-14-16-9-17(11-20(26)10-16)18(13-27)15-28-2/h5,7,9-13,15,19,27-28H,3-4,6,8,14H2,1-2H3,(H,30,32)/b18-15+,27-13?/t25-/m0/s1. The summed E-state index contributed by atoms with van der Waals surface area (Å²) in [6.45, 7) is 2.78. The summed E-state index contributed by atoms with van der Waals surface area (Å²) in [7, 11) is 1.70. The Morgan fingerprint density at radius 3 is 2.82 bits per heavy atom. The molecule has 1 aromatic heterocycles. The lowest BCUT2D eigenvalue weighted by Gasteiger charge is -2.23. The van der Waals surface area contributed by atoms with E-state index in [-0.39, 0.29) is 23.6 Å². The molecule has 33 heavy (non-hydrogen) atoms. The number of aromatic nitrogens is 1. The highest BCUT2D eigenvalue weighted by Crippen LogP contribution is 2.51. The van der Waals surface area contributed by atoms with Gasteiger partial charge in [0, 0.05) is 50.0 Å². The SMILES string of the molecule is CN/C=C(\C=N)c1cc(F)cc(CNC(=O)c2cc(N3CC[C@@](C)(C4CC4)C3=O)ccn2)c1. The van der Waals surface area contributed by atoms with E-state index in [1.54, 1.807) is 36.3 Å². The van der Waals surface area contributed by atoms with E-state index >= 15 is 0 Å². The van der Waals surface area contributed by atoms with Gasteiger partial charge in [-0.25, -0.2) is 4.39 Å². The summed E-state index contributed by atoms with van der Waals surface area (Å²) in [5.41, 5.74) is 2.19. The third-order valence-corrected chi connectivity index (χ3v) is 6.55. The molecule has 2 fully saturated rings. The molecule has 172 valence electrons. The number of allylic oxidation sites excluding steroid dienone is 1. The van der Waals surface area contributed by atoms with Gasteiger partial charge >= 0.3 is 0 Å². The Balaban J connectivity index is 1.46. The quantitative estimate of drug-likeness (QED) is 0.537. The molecular weight excluding hydrogens is 421 g/mol. The van der Waals surface area contributed by atoms with Crippen LogP contribution in [-0.4, -0.2) is 36.6 Å². The minimum Gasteiger partial charge on any atom is -0.393 e. The average molecular weight is 450 g/mol. The van der Waals surface area contributed by atoms with Crippen molar-refractivity contribution in [3.05, 3.63) is 65.4 Å². The van der Waals surface area contributed by atoms with E-state index in [2.05, 4.69) is 15.6 Å². The monoisotopic (exact) mass is 449 g/mol. The van der Waals surface area contributed by atoms with E-state index in [4.69, 9.17) is 5.41 Å². The van der Waals surface area contributed by atoms with Gasteiger partial charge in [0.05, 0.1) is 5.41 Å². The molecule has 2 heterocycles. The molecule has 1 aromatic carbocycles. The molecule has 8 heteroatoms. The number of anilines is 1. The summed E-state index contributed by atoms with van der Waals surface area (Å²) in [6, 6.07) is 7.79. The second-order valence-electron chi connectivity index (χ2n) is 8.86. The molecule has 2 amide bonds. The first kappa shape index (κ1) is 22.6. The Labute approximate surface area is 192 Å². The van der Waals surface area contributed by atoms with Crippen molar-refractivity contribution in [2.75, 3.05) is 18.5 Å². The van der Waals surface area contributed by atoms with Crippen LogP contribution in [0.4, 0.5) is 10.1 Å². The van der Waals surface area contributed by atoms with Crippen LogP contribution < -0.4 is 15.5 Å². The summed E-state index contributed by atoms with van der Waals surface area (Å²) in [5, 5.41) is 13.1. The van der Waals surface area contributed by atoms with Gasteiger partial charge in [-0.1, -0.05) is 6.92 Å². The van der Waals surface area contributed by atoms with Crippen molar-refractivity contribution in [2.45, 2.75) is 32.7 Å². The maximum absolute atomic E-state index is 14.1. The Bertz CT molecular complexity index is 1130. The smallest absolute Gasteiger partial charge is 0.270 e. The van der Waals surface area contributed by atoms with Crippen LogP contribution in [0.2, 0.25) is 0 Å². The first-order valence-electron chi connectivity index (χ1n) is 11.1. The van der Waals surface area contributed by atoms with Crippen LogP contribution in [0.3, 0.4) is 0 Å². The van der Waals surface area contributed by atoms with Crippen molar-refractivity contribution in [3.8, 4) is 0 Å². The number of hydrogen-bond donors (Lipinski definition) is 3. The highest BCUT2D eigenvalue weighted by atomic mass is 19.1. The molecule has 1 saturated heterocycles. The van der Waals surface area contributed by atoms with E-state index in [0.29, 0.717) is 34.9 Å². The van der Waals surface area contributed by atoms with Crippen LogP contribution in [0.25, 0.3) is 5.57 Å². The normalized spacial score (nSPS) is 20.6. The number of carbonyl (C=O) groups excluding carboxylic acids is 2. The largest absolute Gasteiger partial charge is 0.393 e. The lowest BCUT2D eigenvalue weighted by atomic mass is 9.83. The van der Waals surface area contributed by atoms with Gasteiger partial charge in [-0.05, 0) is 66.6 Å². The number of nitrogens with one attached hydrogen (secondary N) is 3. The van der Waals surface area contributed by atoms with Gasteiger partial charge in [0.2, 0.25) is 5.91 Å². The lowest BCUT2D eigenvalue weighted by Crippen LogP contribution is -2.34. The zero-order valence-electron chi connectivity index (χ0n) is 18.8. The van der Waals surface area contributed by atoms with Gasteiger partial charge in [0.15, 0.2) is 0 Å². The van der Waals surface area contributed by atoms with Crippen molar-refractivity contribution in [1.29, 1.82) is 5.41 Å². The summed E-state index contributed by atoms with van der Waals surface area (Å²) in [4.78, 5) is 31.7. The first-order valence-corrected chi connectivity index (χ1v) is 11.1. The topological polar surface area (TPSA) is 98.2 Å². The molecule has 2 aliphatic rings. The molecule has 0 radical (unpaired) electrons. The van der Waals surface area contributed by atoms with Gasteiger partial charge in [-0.3, -0.25) is 14.6 Å². The zero-order chi connectivity index (χ0) is 23.6. The van der Waals surface area contributed by atoms with Gasteiger partial charge in [0.1, 0.15) is 11.5 Å². The average Bonchev–Trinajstić information content (AvgIpc) is 3.62. The van der Waals surface area contributed by atoms with Gasteiger partial charge in [0.25, 0.3) is 5.91 Å². The number of benzene rings is 1. The van der Waals surface area contributed by atoms with Gasteiger partial charge in [-0.15, -0.1) is 0 Å². The van der Waals surface area contributed by atoms with E-state index in [9.17, 15) is 14.0 Å². The molecule has 1 saturated carbocycles. The minimum absolute atomic E-state index is 0.0999. The molecule has 2 aromatic rings. The summed E-state index contributed by atoms with van der Waals surface area (Å²) >= 11 is 0. The van der Waals surface area contributed by atoms with Crippen molar-refractivity contribution < 1.29 is 14.0 Å². The molecule has 1 atom stereocenters. The third kappa shape index (κ3) is 4.65. The number of rotatable bonds is 8. The number of amides is 2. The molecule has 3 N–H and O–H groups in total. The summed E-state index contributed by atoms with van der Waals surface area (Å²) in [6.07, 6.45) is 7.30. The van der Waals surface area contributed by atoms with E-state index < -0.39 is 11.7 Å². The fourth-order valence-corrected chi connectivity index (χ4v) is 4.47. The van der Waals surface area contributed by atoms with Crippen LogP contribution in [0.1, 0.15) is 47.8 Å². The highest BCUT2D eigenvalue weighted by molar-refractivity contribution is 6.08. The zero-order valence-corrected chi connectivity index (χ0v) is 18.8. The molecule has 4 rings (SSSR count). The Morgan fingerprint density at radius 1 is 1.33 bits per heavy atom. The predicted octanol–water partition coefficient (Wildman–Crippen LogP) is 3.51. The second kappa shape index (κ2) is 9.13. The number of hydrogen-bond acceptors (Lipinski definition) is 5. The van der Waals surface area contributed by atoms with Crippen molar-refractivity contribution >= 4 is 29.3 Å². The lowest BCUT2D eigenvalue weighted by molar-refractivity contribution is -0.125. The van der Waals surface area contributed by atoms with Crippen molar-refractivity contribution in [1.82, 2.24) is 15.6 Å². The Kier molecular flexibility index (Phi) is 6.26. The van der Waals surface area contributed by atoms with Crippen LogP contribution in [0.5, 0.6) is 0 Å². The number of nitrogens with zero attached hydrogens (tertiary/aromatic N) is 2. The van der Waals surface area contributed by atoms with Crippen LogP contribution in [0.15, 0.2) is 42.7 Å². The molecule has 0 bridgehead atoms. The molecule has 7 nitrogen and oxygen atoms in total. The first-order chi connectivity index (χ1) is 15.9. The predicted molar refractivity (Wildman–Crippen MR) is 125 cm³/mol. The molecule has 1 aliphatic carbocycles. The van der Waals surface area contributed by atoms with Crippen LogP contribution >= 0.6 is 0 Å². The molecule has 0 unspecified atom stereocenters. The Hall–Kier alpha value is -3.55. The number of pyridine rings is 1. The molecular formula is C25H28FN5O2. The maximum atomic E-state index is 14.1. The number of halogens is 1. The van der Waals surface area contributed by atoms with Crippen LogP contribution in [0, 0.1) is 22.6 Å². The number of carbonyl (C=O) groups is 2. The molecule has 1 aliphatic heterocycles. The fraction of sp³-hybridized carbons (Fsp3) is 0.360. The van der Waals surface area contributed by atoms with Crippen LogP contribution in [-0.2, 0) is 11.3 Å². The van der Waals surface area contributed by atoms with Gasteiger partial charge < -0.3 is 20.9 Å². The Morgan fingerprint density at radius 2 is 2.12 bits per heavy atom. The second-order valence-corrected chi connectivity index (χ2v) is 8.86. The van der Waals surface area contributed by atoms with E-state index in [1.165, 1.54) is 18.3 Å². The van der Waals surface area contributed by atoms with E-state index in [1.807, 2.05) is 6.92 Å². The summed E-state index contributed by atoms with van der Waals surface area (Å²) < 4.78 is 14.1. The maximum Gasteiger partial charge on any atom is 0.270 e. The van der Waals surface area contributed by atoms with Gasteiger partial charge in [-0.2, -0.15) is 0 Å². The summed E-state index contributed by atoms with van der Waals surface area (Å²) in [5.74, 6) is -0.275. The third-order valence-electron chi connectivity index (χ3n) is 6.55. The highest BCUT2D eigenvalue weighted by Gasteiger charge is 2.52. The van der Waals surface area contributed by atoms with E-state index in [0.717, 1.165) is 25.5 Å². The minimum atomic E-state index is -0.452. The molecule has 0 spiro atoms. The van der Waals surface area contributed by atoms with Crippen molar-refractivity contribution in [2.24, 2.45) is 11.3 Å².